The maximum absolute atomic E-state index is 13.0. The second kappa shape index (κ2) is 11.8. The van der Waals surface area contributed by atoms with Crippen molar-refractivity contribution in [1.29, 1.82) is 0 Å². The minimum Gasteiger partial charge on any atom is -0.506 e. The highest BCUT2D eigenvalue weighted by atomic mass is 35.5. The van der Waals surface area contributed by atoms with Gasteiger partial charge in [0.1, 0.15) is 11.6 Å². The number of anilines is 2. The summed E-state index contributed by atoms with van der Waals surface area (Å²) in [5, 5.41) is 16.1. The lowest BCUT2D eigenvalue weighted by atomic mass is 9.96. The predicted molar refractivity (Wildman–Crippen MR) is 149 cm³/mol. The Hall–Kier alpha value is -3.95. The first-order valence-corrected chi connectivity index (χ1v) is 13.4. The van der Waals surface area contributed by atoms with E-state index >= 15 is 0 Å². The zero-order valence-electron chi connectivity index (χ0n) is 21.4. The fourth-order valence-corrected chi connectivity index (χ4v) is 5.20. The van der Waals surface area contributed by atoms with Crippen LogP contribution in [0, 0.1) is 0 Å². The van der Waals surface area contributed by atoms with Crippen LogP contribution in [0.3, 0.4) is 0 Å². The summed E-state index contributed by atoms with van der Waals surface area (Å²) >= 11 is 5.85. The number of para-hydroxylation sites is 1. The van der Waals surface area contributed by atoms with E-state index < -0.39 is 11.8 Å². The first kappa shape index (κ1) is 26.6. The van der Waals surface area contributed by atoms with Gasteiger partial charge in [0.15, 0.2) is 0 Å². The summed E-state index contributed by atoms with van der Waals surface area (Å²) in [4.78, 5) is 47.3. The Morgan fingerprint density at radius 3 is 2.44 bits per heavy atom. The number of carbonyl (C=O) groups is 3. The number of pyridine rings is 1. The van der Waals surface area contributed by atoms with Crippen LogP contribution >= 0.6 is 11.6 Å². The van der Waals surface area contributed by atoms with Gasteiger partial charge in [0.25, 0.3) is 11.8 Å². The van der Waals surface area contributed by atoms with Gasteiger partial charge in [-0.3, -0.25) is 14.4 Å². The Morgan fingerprint density at radius 1 is 0.949 bits per heavy atom. The normalized spacial score (nSPS) is 17.4. The first-order valence-electron chi connectivity index (χ1n) is 13.1. The zero-order chi connectivity index (χ0) is 27.4. The zero-order valence-corrected chi connectivity index (χ0v) is 22.2. The van der Waals surface area contributed by atoms with E-state index in [1.54, 1.807) is 36.4 Å². The Kier molecular flexibility index (Phi) is 8.09. The molecule has 2 aliphatic heterocycles. The first-order chi connectivity index (χ1) is 18.9. The van der Waals surface area contributed by atoms with Crippen molar-refractivity contribution >= 4 is 40.8 Å². The van der Waals surface area contributed by atoms with Crippen molar-refractivity contribution in [3.8, 4) is 5.75 Å². The lowest BCUT2D eigenvalue weighted by molar-refractivity contribution is -0.129. The van der Waals surface area contributed by atoms with Gasteiger partial charge in [-0.25, -0.2) is 4.98 Å². The van der Waals surface area contributed by atoms with Crippen LogP contribution in [0.2, 0.25) is 5.02 Å². The smallest absolute Gasteiger partial charge is 0.259 e. The van der Waals surface area contributed by atoms with Gasteiger partial charge in [-0.05, 0) is 74.3 Å². The van der Waals surface area contributed by atoms with E-state index in [1.165, 1.54) is 37.2 Å². The van der Waals surface area contributed by atoms with Crippen LogP contribution in [-0.4, -0.2) is 70.3 Å². The number of rotatable bonds is 8. The number of carbonyl (C=O) groups excluding carboxylic acids is 3. The minimum atomic E-state index is -0.555. The van der Waals surface area contributed by atoms with Crippen molar-refractivity contribution in [3.63, 3.8) is 0 Å². The number of halogens is 1. The average molecular weight is 548 g/mol. The maximum Gasteiger partial charge on any atom is 0.259 e. The Balaban J connectivity index is 1.23. The lowest BCUT2D eigenvalue weighted by Crippen LogP contribution is -2.35. The SMILES string of the molecule is O=C(Nc1c(O)cccc1C(=O)Nc1ccc(Cl)cn1)c1ccc(C2CCN(CCN3CCCC3)C2=O)cc1. The molecule has 3 aromatic rings. The van der Waals surface area contributed by atoms with Crippen molar-refractivity contribution in [2.75, 3.05) is 43.4 Å². The molecule has 3 N–H and O–H groups in total. The van der Waals surface area contributed by atoms with Crippen molar-refractivity contribution < 1.29 is 19.5 Å². The second-order valence-corrected chi connectivity index (χ2v) is 10.2. The molecule has 2 aliphatic rings. The molecule has 2 aromatic carbocycles. The van der Waals surface area contributed by atoms with Crippen molar-refractivity contribution in [3.05, 3.63) is 82.5 Å². The summed E-state index contributed by atoms with van der Waals surface area (Å²) < 4.78 is 0. The van der Waals surface area contributed by atoms with Gasteiger partial charge in [-0.1, -0.05) is 29.8 Å². The van der Waals surface area contributed by atoms with Gasteiger partial charge in [-0.15, -0.1) is 0 Å². The van der Waals surface area contributed by atoms with Gasteiger partial charge in [0.2, 0.25) is 5.91 Å². The van der Waals surface area contributed by atoms with Crippen LogP contribution in [0.25, 0.3) is 0 Å². The van der Waals surface area contributed by atoms with Gasteiger partial charge >= 0.3 is 0 Å². The summed E-state index contributed by atoms with van der Waals surface area (Å²) in [6.07, 6.45) is 4.62. The monoisotopic (exact) mass is 547 g/mol. The van der Waals surface area contributed by atoms with Gasteiger partial charge in [0.05, 0.1) is 22.2 Å². The summed E-state index contributed by atoms with van der Waals surface area (Å²) in [5.41, 5.74) is 1.27. The van der Waals surface area contributed by atoms with Crippen LogP contribution in [0.5, 0.6) is 5.75 Å². The van der Waals surface area contributed by atoms with Crippen molar-refractivity contribution in [1.82, 2.24) is 14.8 Å². The Morgan fingerprint density at radius 2 is 1.72 bits per heavy atom. The largest absolute Gasteiger partial charge is 0.506 e. The maximum atomic E-state index is 13.0. The molecule has 3 amide bonds. The molecule has 202 valence electrons. The summed E-state index contributed by atoms with van der Waals surface area (Å²) in [7, 11) is 0. The van der Waals surface area contributed by atoms with Crippen LogP contribution < -0.4 is 10.6 Å². The molecule has 9 nitrogen and oxygen atoms in total. The molecule has 3 heterocycles. The van der Waals surface area contributed by atoms with E-state index in [2.05, 4.69) is 20.5 Å². The van der Waals surface area contributed by atoms with E-state index in [9.17, 15) is 19.5 Å². The fraction of sp³-hybridized carbons (Fsp3) is 0.310. The van der Waals surface area contributed by atoms with E-state index in [1.807, 2.05) is 4.90 Å². The third-order valence-electron chi connectivity index (χ3n) is 7.25. The van der Waals surface area contributed by atoms with E-state index in [0.29, 0.717) is 10.6 Å². The standard InChI is InChI=1S/C29H30ClN5O4/c30-21-10-11-25(31-18-21)32-28(38)23-4-3-5-24(36)26(23)33-27(37)20-8-6-19(7-9-20)22-12-15-35(29(22)39)17-16-34-13-1-2-14-34/h3-11,18,22,36H,1-2,12-17H2,(H,33,37)(H,31,32,38). The molecule has 0 bridgehead atoms. The second-order valence-electron chi connectivity index (χ2n) is 9.81. The molecule has 2 saturated heterocycles. The molecule has 1 atom stereocenters. The molecule has 2 fully saturated rings. The highest BCUT2D eigenvalue weighted by Gasteiger charge is 2.33. The molecule has 5 rings (SSSR count). The molecule has 0 radical (unpaired) electrons. The number of phenolic OH excluding ortho intramolecular Hbond substituents is 1. The molecule has 1 unspecified atom stereocenters. The molecule has 0 saturated carbocycles. The quantitative estimate of drug-likeness (QED) is 0.361. The predicted octanol–water partition coefficient (Wildman–Crippen LogP) is 4.36. The number of nitrogens with zero attached hydrogens (tertiary/aromatic N) is 3. The lowest BCUT2D eigenvalue weighted by Gasteiger charge is -2.21. The topological polar surface area (TPSA) is 115 Å². The average Bonchev–Trinajstić information content (AvgIpc) is 3.59. The Labute approximate surface area is 231 Å². The number of aromatic hydroxyl groups is 1. The number of aromatic nitrogens is 1. The summed E-state index contributed by atoms with van der Waals surface area (Å²) in [5.74, 6) is -1.10. The number of amides is 3. The van der Waals surface area contributed by atoms with Crippen LogP contribution in [-0.2, 0) is 4.79 Å². The highest BCUT2D eigenvalue weighted by molar-refractivity contribution is 6.30. The molecule has 0 spiro atoms. The van der Waals surface area contributed by atoms with Crippen molar-refractivity contribution in [2.45, 2.75) is 25.2 Å². The number of hydrogen-bond acceptors (Lipinski definition) is 6. The third kappa shape index (κ3) is 6.21. The van der Waals surface area contributed by atoms with E-state index in [0.717, 1.165) is 44.7 Å². The van der Waals surface area contributed by atoms with Crippen LogP contribution in [0.15, 0.2) is 60.8 Å². The van der Waals surface area contributed by atoms with E-state index in [4.69, 9.17) is 11.6 Å². The number of phenols is 1. The van der Waals surface area contributed by atoms with Gasteiger partial charge < -0.3 is 25.5 Å². The summed E-state index contributed by atoms with van der Waals surface area (Å²) in [6, 6.07) is 14.4. The molecular formula is C29H30ClN5O4. The van der Waals surface area contributed by atoms with Gasteiger partial charge in [-0.2, -0.15) is 0 Å². The molecule has 1 aromatic heterocycles. The van der Waals surface area contributed by atoms with Crippen LogP contribution in [0.1, 0.15) is 51.5 Å². The number of nitrogens with one attached hydrogen (secondary N) is 2. The van der Waals surface area contributed by atoms with Crippen LogP contribution in [0.4, 0.5) is 11.5 Å². The van der Waals surface area contributed by atoms with Crippen molar-refractivity contribution in [2.24, 2.45) is 0 Å². The number of benzene rings is 2. The third-order valence-corrected chi connectivity index (χ3v) is 7.48. The number of hydrogen-bond donors (Lipinski definition) is 3. The highest BCUT2D eigenvalue weighted by Crippen LogP contribution is 2.31. The van der Waals surface area contributed by atoms with E-state index in [-0.39, 0.29) is 34.6 Å². The molecule has 0 aliphatic carbocycles. The molecular weight excluding hydrogens is 518 g/mol. The fourth-order valence-electron chi connectivity index (χ4n) is 5.09. The van der Waals surface area contributed by atoms with Gasteiger partial charge in [0, 0.05) is 31.4 Å². The molecule has 10 heteroatoms. The summed E-state index contributed by atoms with van der Waals surface area (Å²) in [6.45, 7) is 4.63. The minimum absolute atomic E-state index is 0.0161. The Bertz CT molecular complexity index is 1360. The molecule has 39 heavy (non-hydrogen) atoms. The number of likely N-dealkylation sites (tertiary alicyclic amines) is 2.